The molecule has 31 heavy (non-hydrogen) atoms. The fourth-order valence-corrected chi connectivity index (χ4v) is 4.37. The van der Waals surface area contributed by atoms with E-state index in [2.05, 4.69) is 31.2 Å². The lowest BCUT2D eigenvalue weighted by Gasteiger charge is -2.10. The van der Waals surface area contributed by atoms with Crippen molar-refractivity contribution in [2.45, 2.75) is 11.8 Å². The molecule has 0 heterocycles. The third-order valence-corrected chi connectivity index (χ3v) is 6.41. The van der Waals surface area contributed by atoms with Crippen molar-refractivity contribution >= 4 is 43.3 Å². The summed E-state index contributed by atoms with van der Waals surface area (Å²) in [6.45, 7) is 1.76. The lowest BCUT2D eigenvalue weighted by atomic mass is 10.1. The van der Waals surface area contributed by atoms with Crippen molar-refractivity contribution in [1.29, 1.82) is 0 Å². The number of anilines is 1. The number of ether oxygens (including phenoxy) is 1. The number of carbonyl (C=O) groups excluding carboxylic acids is 1. The Labute approximate surface area is 189 Å². The molecule has 7 nitrogen and oxygen atoms in total. The number of sulfonamides is 1. The molecule has 0 unspecified atom stereocenters. The molecule has 1 amide bonds. The van der Waals surface area contributed by atoms with Crippen LogP contribution < -0.4 is 14.9 Å². The minimum absolute atomic E-state index is 0.0394. The highest BCUT2D eigenvalue weighted by Gasteiger charge is 2.17. The molecule has 0 fully saturated rings. The number of hydrogen-bond donors (Lipinski definition) is 2. The Morgan fingerprint density at radius 2 is 1.71 bits per heavy atom. The second-order valence-corrected chi connectivity index (χ2v) is 9.02. The van der Waals surface area contributed by atoms with Crippen LogP contribution in [0.3, 0.4) is 0 Å². The summed E-state index contributed by atoms with van der Waals surface area (Å²) in [6, 6.07) is 19.7. The van der Waals surface area contributed by atoms with Gasteiger partial charge in [0.25, 0.3) is 15.9 Å². The molecule has 0 saturated carbocycles. The van der Waals surface area contributed by atoms with Crippen LogP contribution in [-0.4, -0.2) is 27.1 Å². The number of nitrogens with one attached hydrogen (secondary N) is 2. The van der Waals surface area contributed by atoms with E-state index in [0.29, 0.717) is 17.1 Å². The van der Waals surface area contributed by atoms with E-state index in [0.717, 1.165) is 10.0 Å². The van der Waals surface area contributed by atoms with Crippen molar-refractivity contribution < 1.29 is 17.9 Å². The lowest BCUT2D eigenvalue weighted by Crippen LogP contribution is -2.20. The highest BCUT2D eigenvalue weighted by Crippen LogP contribution is 2.20. The van der Waals surface area contributed by atoms with Gasteiger partial charge < -0.3 is 4.74 Å². The number of nitrogens with zero attached hydrogens (tertiary/aromatic N) is 1. The van der Waals surface area contributed by atoms with Crippen LogP contribution in [0.1, 0.15) is 22.8 Å². The first-order chi connectivity index (χ1) is 14.8. The lowest BCUT2D eigenvalue weighted by molar-refractivity contribution is 0.0954. The summed E-state index contributed by atoms with van der Waals surface area (Å²) in [6.07, 6.45) is 0. The highest BCUT2D eigenvalue weighted by molar-refractivity contribution is 9.10. The van der Waals surface area contributed by atoms with Gasteiger partial charge in [-0.2, -0.15) is 5.10 Å². The first-order valence-corrected chi connectivity index (χ1v) is 11.4. The molecule has 9 heteroatoms. The Morgan fingerprint density at radius 3 is 2.39 bits per heavy atom. The Balaban J connectivity index is 1.76. The molecule has 0 bridgehead atoms. The first kappa shape index (κ1) is 22.5. The summed E-state index contributed by atoms with van der Waals surface area (Å²) in [5, 5.41) is 4.12. The van der Waals surface area contributed by atoms with Gasteiger partial charge in [0.1, 0.15) is 5.75 Å². The van der Waals surface area contributed by atoms with Crippen LogP contribution in [0, 0.1) is 0 Å². The van der Waals surface area contributed by atoms with Crippen LogP contribution >= 0.6 is 15.9 Å². The van der Waals surface area contributed by atoms with Gasteiger partial charge in [0, 0.05) is 21.3 Å². The molecule has 0 radical (unpaired) electrons. The summed E-state index contributed by atoms with van der Waals surface area (Å²) >= 11 is 3.44. The minimum atomic E-state index is -3.88. The molecule has 2 N–H and O–H groups in total. The third kappa shape index (κ3) is 5.71. The molecule has 3 aromatic rings. The fourth-order valence-electron chi connectivity index (χ4n) is 2.69. The van der Waals surface area contributed by atoms with Crippen molar-refractivity contribution in [3.8, 4) is 5.75 Å². The zero-order valence-electron chi connectivity index (χ0n) is 16.8. The molecular weight excluding hydrogens is 482 g/mol. The number of hydrazone groups is 1. The SMILES string of the molecule is COc1ccc(NS(=O)(=O)c2cccc(C(=O)N/N=C(/C)c3ccccc3Br)c2)cc1. The number of rotatable bonds is 7. The van der Waals surface area contributed by atoms with Crippen LogP contribution in [0.2, 0.25) is 0 Å². The van der Waals surface area contributed by atoms with Crippen molar-refractivity contribution in [1.82, 2.24) is 5.43 Å². The smallest absolute Gasteiger partial charge is 0.271 e. The number of methoxy groups -OCH3 is 1. The molecule has 160 valence electrons. The van der Waals surface area contributed by atoms with Crippen molar-refractivity contribution in [2.24, 2.45) is 5.10 Å². The highest BCUT2D eigenvalue weighted by atomic mass is 79.9. The number of benzene rings is 3. The van der Waals surface area contributed by atoms with Gasteiger partial charge in [-0.25, -0.2) is 13.8 Å². The maximum atomic E-state index is 12.7. The van der Waals surface area contributed by atoms with Crippen LogP contribution in [0.4, 0.5) is 5.69 Å². The predicted molar refractivity (Wildman–Crippen MR) is 124 cm³/mol. The van der Waals surface area contributed by atoms with Crippen molar-refractivity contribution in [3.05, 3.63) is 88.4 Å². The normalized spacial score (nSPS) is 11.6. The maximum absolute atomic E-state index is 12.7. The van der Waals surface area contributed by atoms with E-state index in [4.69, 9.17) is 4.74 Å². The molecule has 0 aliphatic rings. The second kappa shape index (κ2) is 9.76. The van der Waals surface area contributed by atoms with E-state index >= 15 is 0 Å². The van der Waals surface area contributed by atoms with Crippen LogP contribution in [0.15, 0.2) is 87.3 Å². The quantitative estimate of drug-likeness (QED) is 0.370. The van der Waals surface area contributed by atoms with Gasteiger partial charge in [-0.15, -0.1) is 0 Å². The topological polar surface area (TPSA) is 96.9 Å². The molecule has 3 rings (SSSR count). The van der Waals surface area contributed by atoms with Crippen LogP contribution in [0.5, 0.6) is 5.75 Å². The second-order valence-electron chi connectivity index (χ2n) is 6.48. The van der Waals surface area contributed by atoms with Gasteiger partial charge in [0.05, 0.1) is 17.7 Å². The largest absolute Gasteiger partial charge is 0.497 e. The zero-order chi connectivity index (χ0) is 22.4. The summed E-state index contributed by atoms with van der Waals surface area (Å²) in [5.74, 6) is 0.0906. The number of hydrogen-bond acceptors (Lipinski definition) is 5. The van der Waals surface area contributed by atoms with Crippen molar-refractivity contribution in [2.75, 3.05) is 11.8 Å². The van der Waals surface area contributed by atoms with Gasteiger partial charge >= 0.3 is 0 Å². The number of amides is 1. The van der Waals surface area contributed by atoms with E-state index in [9.17, 15) is 13.2 Å². The molecule has 0 aromatic heterocycles. The average Bonchev–Trinajstić information content (AvgIpc) is 2.78. The van der Waals surface area contributed by atoms with Gasteiger partial charge in [-0.3, -0.25) is 9.52 Å². The van der Waals surface area contributed by atoms with Gasteiger partial charge in [-0.1, -0.05) is 40.2 Å². The molecular formula is C22H20BrN3O4S. The molecule has 3 aromatic carbocycles. The maximum Gasteiger partial charge on any atom is 0.271 e. The molecule has 0 aliphatic heterocycles. The number of halogens is 1. The summed E-state index contributed by atoms with van der Waals surface area (Å²) < 4.78 is 33.8. The Bertz CT molecular complexity index is 1230. The molecule has 0 saturated heterocycles. The van der Waals surface area contributed by atoms with Crippen LogP contribution in [0.25, 0.3) is 0 Å². The van der Waals surface area contributed by atoms with E-state index in [1.54, 1.807) is 31.2 Å². The Kier molecular flexibility index (Phi) is 7.09. The molecule has 0 spiro atoms. The summed E-state index contributed by atoms with van der Waals surface area (Å²) in [7, 11) is -2.35. The average molecular weight is 502 g/mol. The number of carbonyl (C=O) groups is 1. The predicted octanol–water partition coefficient (Wildman–Crippen LogP) is 4.41. The Hall–Kier alpha value is -3.17. The van der Waals surface area contributed by atoms with Crippen LogP contribution in [-0.2, 0) is 10.0 Å². The zero-order valence-corrected chi connectivity index (χ0v) is 19.2. The van der Waals surface area contributed by atoms with Gasteiger partial charge in [0.15, 0.2) is 0 Å². The minimum Gasteiger partial charge on any atom is -0.497 e. The third-order valence-electron chi connectivity index (χ3n) is 4.34. The standard InChI is InChI=1S/C22H20BrN3O4S/c1-15(20-8-3-4-9-21(20)23)24-25-22(27)16-6-5-7-19(14-16)31(28,29)26-17-10-12-18(30-2)13-11-17/h3-14,26H,1-2H3,(H,25,27)/b24-15-. The van der Waals surface area contributed by atoms with Crippen molar-refractivity contribution in [3.63, 3.8) is 0 Å². The monoisotopic (exact) mass is 501 g/mol. The van der Waals surface area contributed by atoms with Gasteiger partial charge in [-0.05, 0) is 55.5 Å². The molecule has 0 aliphatic carbocycles. The van der Waals surface area contributed by atoms with E-state index in [1.165, 1.54) is 31.4 Å². The van der Waals surface area contributed by atoms with E-state index in [-0.39, 0.29) is 10.5 Å². The molecule has 0 atom stereocenters. The summed E-state index contributed by atoms with van der Waals surface area (Å²) in [4.78, 5) is 12.5. The Morgan fingerprint density at radius 1 is 1.00 bits per heavy atom. The van der Waals surface area contributed by atoms with E-state index < -0.39 is 15.9 Å². The van der Waals surface area contributed by atoms with Gasteiger partial charge in [0.2, 0.25) is 0 Å². The first-order valence-electron chi connectivity index (χ1n) is 9.16. The van der Waals surface area contributed by atoms with E-state index in [1.807, 2.05) is 24.3 Å². The fraction of sp³-hybridized carbons (Fsp3) is 0.0909. The summed E-state index contributed by atoms with van der Waals surface area (Å²) in [5.41, 5.74) is 4.45.